The van der Waals surface area contributed by atoms with Crippen molar-refractivity contribution >= 4 is 21.6 Å². The molecule has 0 N–H and O–H groups in total. The Kier molecular flexibility index (Phi) is 18.4. The summed E-state index contributed by atoms with van der Waals surface area (Å²) in [6, 6.07) is 36.6. The Hall–Kier alpha value is -6.55. The molecule has 0 unspecified atom stereocenters. The van der Waals surface area contributed by atoms with Crippen LogP contribution in [0.2, 0.25) is 0 Å². The van der Waals surface area contributed by atoms with Crippen molar-refractivity contribution in [3.8, 4) is 56.3 Å². The predicted molar refractivity (Wildman–Crippen MR) is 313 cm³/mol. The molecule has 10 aromatic rings. The monoisotopic (exact) mass is 1400 g/mol. The van der Waals surface area contributed by atoms with Gasteiger partial charge in [-0.05, 0) is 169 Å². The second kappa shape index (κ2) is 24.2. The van der Waals surface area contributed by atoms with Gasteiger partial charge in [-0.2, -0.15) is 0 Å². The molecular formula is C70H67Au2N5S-2. The van der Waals surface area contributed by atoms with Gasteiger partial charge in [-0.25, -0.2) is 4.98 Å². The van der Waals surface area contributed by atoms with Crippen LogP contribution in [0.15, 0.2) is 128 Å². The van der Waals surface area contributed by atoms with E-state index in [0.29, 0.717) is 0 Å². The molecule has 11 rings (SSSR count). The molecule has 0 bridgehead atoms. The molecule has 0 amide bonds. The maximum Gasteiger partial charge on any atom is 0.268 e. The van der Waals surface area contributed by atoms with Crippen LogP contribution in [0.1, 0.15) is 116 Å². The van der Waals surface area contributed by atoms with E-state index in [9.17, 15) is 0 Å². The van der Waals surface area contributed by atoms with E-state index in [2.05, 4.69) is 243 Å². The van der Waals surface area contributed by atoms with Crippen molar-refractivity contribution in [1.29, 1.82) is 0 Å². The summed E-state index contributed by atoms with van der Waals surface area (Å²) in [6.45, 7) is 30.4. The Morgan fingerprint density at radius 2 is 0.885 bits per heavy atom. The molecule has 0 saturated carbocycles. The minimum absolute atomic E-state index is 0. The van der Waals surface area contributed by atoms with Crippen LogP contribution in [0, 0.1) is 120 Å². The number of hydrogen-bond donors (Lipinski definition) is 0. The van der Waals surface area contributed by atoms with Gasteiger partial charge in [-0.1, -0.05) is 109 Å². The second-order valence-electron chi connectivity index (χ2n) is 21.0. The van der Waals surface area contributed by atoms with E-state index < -0.39 is 0 Å². The maximum absolute atomic E-state index is 7.57. The quantitative estimate of drug-likeness (QED) is 0.0677. The molecule has 7 aromatic carbocycles. The van der Waals surface area contributed by atoms with E-state index in [-0.39, 0.29) is 50.2 Å². The van der Waals surface area contributed by atoms with Gasteiger partial charge in [-0.15, -0.1) is 46.7 Å². The summed E-state index contributed by atoms with van der Waals surface area (Å²) < 4.78 is 9.48. The van der Waals surface area contributed by atoms with E-state index in [1.54, 1.807) is 11.3 Å². The largest absolute Gasteiger partial charge is 0.366 e. The van der Waals surface area contributed by atoms with Gasteiger partial charge in [0.25, 0.3) is 12.7 Å². The van der Waals surface area contributed by atoms with Crippen LogP contribution in [0.3, 0.4) is 0 Å². The number of fused-ring (bicyclic) bond motifs is 4. The number of aromatic nitrogens is 5. The number of aryl methyl sites for hydroxylation is 12. The average Bonchev–Trinajstić information content (AvgIpc) is 4.33. The molecule has 1 aliphatic rings. The molecule has 1 aliphatic carbocycles. The molecular weight excluding hydrogens is 1340 g/mol. The molecule has 0 atom stereocenters. The van der Waals surface area contributed by atoms with Gasteiger partial charge in [0.2, 0.25) is 0 Å². The number of benzene rings is 7. The molecule has 3 aromatic heterocycles. The van der Waals surface area contributed by atoms with E-state index >= 15 is 0 Å². The summed E-state index contributed by atoms with van der Waals surface area (Å²) in [7, 11) is 0. The van der Waals surface area contributed by atoms with E-state index in [4.69, 9.17) is 17.8 Å². The Morgan fingerprint density at radius 1 is 0.500 bits per heavy atom. The summed E-state index contributed by atoms with van der Waals surface area (Å²) in [5, 5.41) is 1.00. The van der Waals surface area contributed by atoms with Crippen molar-refractivity contribution in [2.45, 2.75) is 115 Å². The topological polar surface area (TPSA) is 30.5 Å². The molecule has 0 aliphatic heterocycles. The summed E-state index contributed by atoms with van der Waals surface area (Å²) in [5.74, 6) is 5.01. The van der Waals surface area contributed by atoms with Crippen LogP contribution in [0.5, 0.6) is 0 Å². The van der Waals surface area contributed by atoms with Gasteiger partial charge in [0.1, 0.15) is 5.01 Å². The summed E-state index contributed by atoms with van der Waals surface area (Å²) >= 11 is 1.66. The number of hydrogen-bond acceptors (Lipinski definition) is 2. The van der Waals surface area contributed by atoms with Crippen LogP contribution >= 0.6 is 11.3 Å². The van der Waals surface area contributed by atoms with Gasteiger partial charge in [0.15, 0.2) is 0 Å². The first-order valence-corrected chi connectivity index (χ1v) is 27.1. The van der Waals surface area contributed by atoms with Crippen LogP contribution in [-0.4, -0.2) is 14.1 Å². The van der Waals surface area contributed by atoms with Gasteiger partial charge < -0.3 is 12.8 Å². The van der Waals surface area contributed by atoms with Crippen molar-refractivity contribution in [3.05, 3.63) is 242 Å². The SMILES string of the molecule is Cc1cc(C)c(-n2[c-][n+](-c3c(C)cc(C)cc3C)cc2)c(C)c1.Cc1cc(C)c(-n2[c-][n+](-c3c(C)cc(C)cc3C)cc2)c(C)c1.[Au].[Au].[C-]#Cc1ccc2c(c1)C(CC)(CC)c1cc(-c3nc4ccc(C#[C-])cc4s3)ccc1-2. The molecule has 8 heteroatoms. The Balaban J connectivity index is 0.000000170. The summed E-state index contributed by atoms with van der Waals surface area (Å²) in [5.41, 5.74) is 29.2. The Labute approximate surface area is 499 Å². The Morgan fingerprint density at radius 3 is 1.31 bits per heavy atom. The fourth-order valence-electron chi connectivity index (χ4n) is 12.2. The summed E-state index contributed by atoms with van der Waals surface area (Å²) in [6.07, 6.45) is 32.3. The van der Waals surface area contributed by atoms with Gasteiger partial charge in [0.05, 0.1) is 28.3 Å². The first-order valence-electron chi connectivity index (χ1n) is 26.3. The first-order chi connectivity index (χ1) is 36.4. The zero-order chi connectivity index (χ0) is 54.3. The molecule has 402 valence electrons. The van der Waals surface area contributed by atoms with Crippen molar-refractivity contribution in [3.63, 3.8) is 0 Å². The third-order valence-corrected chi connectivity index (χ3v) is 16.2. The van der Waals surface area contributed by atoms with Crippen LogP contribution in [0.4, 0.5) is 0 Å². The van der Waals surface area contributed by atoms with Gasteiger partial charge in [0, 0.05) is 85.2 Å². The smallest absolute Gasteiger partial charge is 0.268 e. The molecule has 2 radical (unpaired) electrons. The van der Waals surface area contributed by atoms with E-state index in [0.717, 1.165) is 44.8 Å². The second-order valence-corrected chi connectivity index (χ2v) is 22.1. The standard InChI is InChI=1S/C28H19NS.2C21H24N2.2Au/c1-5-18-9-12-21-22-13-11-20(17-24(22)28(7-3,8-4)23(21)15-18)27-29-25-14-10-19(6-2)16-26(25)30-27;2*1-14-9-16(3)20(17(4)10-14)22-7-8-23(13-22)21-18(5)11-15(2)12-19(21)6;;/h9-17H,7-8H2,3-4H3;2*7-12H,1-6H3;;/q-2;;;;. The van der Waals surface area contributed by atoms with Gasteiger partial charge in [-0.3, -0.25) is 30.1 Å². The molecule has 5 nitrogen and oxygen atoms in total. The molecule has 78 heavy (non-hydrogen) atoms. The average molecular weight is 1400 g/mol. The van der Waals surface area contributed by atoms with Crippen molar-refractivity contribution < 1.29 is 53.9 Å². The third-order valence-electron chi connectivity index (χ3n) is 15.2. The van der Waals surface area contributed by atoms with Crippen LogP contribution in [-0.2, 0) is 50.2 Å². The molecule has 0 fully saturated rings. The van der Waals surface area contributed by atoms with Gasteiger partial charge >= 0.3 is 0 Å². The predicted octanol–water partition coefficient (Wildman–Crippen LogP) is 15.7. The molecule has 0 spiro atoms. The van der Waals surface area contributed by atoms with Crippen molar-refractivity contribution in [2.24, 2.45) is 0 Å². The van der Waals surface area contributed by atoms with Crippen LogP contribution < -0.4 is 9.13 Å². The molecule has 0 saturated heterocycles. The molecule has 3 heterocycles. The fourth-order valence-corrected chi connectivity index (χ4v) is 13.2. The van der Waals surface area contributed by atoms with Crippen LogP contribution in [0.25, 0.3) is 54.7 Å². The van der Waals surface area contributed by atoms with E-state index in [1.165, 1.54) is 112 Å². The third kappa shape index (κ3) is 11.5. The number of imidazole rings is 2. The van der Waals surface area contributed by atoms with Crippen molar-refractivity contribution in [2.75, 3.05) is 0 Å². The number of rotatable bonds is 7. The normalized spacial score (nSPS) is 11.7. The minimum Gasteiger partial charge on any atom is -0.366 e. The van der Waals surface area contributed by atoms with E-state index in [1.807, 2.05) is 24.3 Å². The number of thiazole rings is 1. The zero-order valence-electron chi connectivity index (χ0n) is 47.3. The maximum atomic E-state index is 7.57. The fraction of sp³-hybridized carbons (Fsp3) is 0.243. The Bertz CT molecular complexity index is 3590. The van der Waals surface area contributed by atoms with Crippen molar-refractivity contribution in [1.82, 2.24) is 14.1 Å². The zero-order valence-corrected chi connectivity index (χ0v) is 52.4. The minimum atomic E-state index is -0.0491. The number of nitrogens with zero attached hydrogens (tertiary/aromatic N) is 5. The first kappa shape index (κ1) is 59.1. The summed E-state index contributed by atoms with van der Waals surface area (Å²) in [4.78, 5) is 4.85.